The van der Waals surface area contributed by atoms with Crippen LogP contribution in [0.15, 0.2) is 53.1 Å². The van der Waals surface area contributed by atoms with Crippen LogP contribution in [0.5, 0.6) is 0 Å². The van der Waals surface area contributed by atoms with Gasteiger partial charge < -0.3 is 5.32 Å². The maximum Gasteiger partial charge on any atom is 0.335 e. The lowest BCUT2D eigenvalue weighted by atomic mass is 9.80. The molecule has 3 aliphatic rings. The molecule has 1 aromatic carbocycles. The van der Waals surface area contributed by atoms with Crippen molar-refractivity contribution in [3.63, 3.8) is 0 Å². The van der Waals surface area contributed by atoms with Crippen LogP contribution in [0.4, 0.5) is 10.5 Å². The van der Waals surface area contributed by atoms with Gasteiger partial charge in [0.25, 0.3) is 5.91 Å². The SMILES string of the molecule is O=C1NN(c2ccc(Cl)cc2)C(=O)C2(CSC3=C2C(=O)c2ncccc2C3=O)N1. The Bertz CT molecular complexity index is 1160. The number of benzene rings is 1. The Hall–Kier alpha value is -3.17. The number of hydrazine groups is 1. The van der Waals surface area contributed by atoms with E-state index in [1.54, 1.807) is 30.3 Å². The Kier molecular flexibility index (Phi) is 3.80. The number of nitrogens with one attached hydrogen (secondary N) is 2. The minimum atomic E-state index is -1.66. The van der Waals surface area contributed by atoms with Crippen LogP contribution in [0.2, 0.25) is 5.02 Å². The molecule has 5 rings (SSSR count). The zero-order chi connectivity index (χ0) is 20.3. The van der Waals surface area contributed by atoms with Gasteiger partial charge in [0, 0.05) is 17.0 Å². The quantitative estimate of drug-likeness (QED) is 0.723. The largest absolute Gasteiger partial charge is 0.335 e. The molecule has 2 N–H and O–H groups in total. The standard InChI is InChI=1S/C19H11ClN4O4S/c20-9-3-5-10(6-4-9)24-17(27)19(22-18(28)23-24)8-29-16-12(19)15(26)13-11(14(16)25)2-1-7-21-13/h1-7H,8H2,(H2,22,23,28). The number of anilines is 1. The predicted octanol–water partition coefficient (Wildman–Crippen LogP) is 2.11. The third-order valence-electron chi connectivity index (χ3n) is 4.98. The van der Waals surface area contributed by atoms with Crippen molar-refractivity contribution in [3.05, 3.63) is 69.4 Å². The molecular formula is C19H11ClN4O4S. The number of hydrogen-bond acceptors (Lipinski definition) is 6. The van der Waals surface area contributed by atoms with Gasteiger partial charge in [0.2, 0.25) is 11.6 Å². The molecule has 1 aromatic heterocycles. The Morgan fingerprint density at radius 1 is 1.07 bits per heavy atom. The maximum absolute atomic E-state index is 13.5. The van der Waals surface area contributed by atoms with Crippen LogP contribution in [0.3, 0.4) is 0 Å². The van der Waals surface area contributed by atoms with E-state index in [1.807, 2.05) is 0 Å². The molecule has 2 aliphatic heterocycles. The molecule has 3 amide bonds. The maximum atomic E-state index is 13.5. The molecule has 1 spiro atoms. The van der Waals surface area contributed by atoms with Crippen LogP contribution in [-0.2, 0) is 4.79 Å². The third kappa shape index (κ3) is 2.44. The molecule has 1 saturated heterocycles. The first-order valence-electron chi connectivity index (χ1n) is 8.53. The van der Waals surface area contributed by atoms with E-state index in [1.165, 1.54) is 12.3 Å². The van der Waals surface area contributed by atoms with Gasteiger partial charge >= 0.3 is 6.03 Å². The number of amides is 3. The number of rotatable bonds is 1. The molecule has 3 heterocycles. The summed E-state index contributed by atoms with van der Waals surface area (Å²) in [6.07, 6.45) is 1.41. The smallest absolute Gasteiger partial charge is 0.317 e. The minimum absolute atomic E-state index is 0.0169. The van der Waals surface area contributed by atoms with Crippen molar-refractivity contribution in [2.75, 3.05) is 10.8 Å². The van der Waals surface area contributed by atoms with E-state index in [-0.39, 0.29) is 33.3 Å². The number of fused-ring (bicyclic) bond motifs is 2. The lowest BCUT2D eigenvalue weighted by Crippen LogP contribution is -2.73. The molecule has 29 heavy (non-hydrogen) atoms. The van der Waals surface area contributed by atoms with Crippen molar-refractivity contribution < 1.29 is 19.2 Å². The van der Waals surface area contributed by atoms with E-state index < -0.39 is 23.3 Å². The van der Waals surface area contributed by atoms with Gasteiger partial charge in [-0.05, 0) is 36.4 Å². The van der Waals surface area contributed by atoms with Gasteiger partial charge in [0.15, 0.2) is 5.54 Å². The van der Waals surface area contributed by atoms with Crippen molar-refractivity contribution in [2.45, 2.75) is 5.54 Å². The fraction of sp³-hybridized carbons (Fsp3) is 0.105. The highest BCUT2D eigenvalue weighted by Gasteiger charge is 2.59. The predicted molar refractivity (Wildman–Crippen MR) is 106 cm³/mol. The number of thioether (sulfide) groups is 1. The van der Waals surface area contributed by atoms with E-state index >= 15 is 0 Å². The molecular weight excluding hydrogens is 416 g/mol. The zero-order valence-electron chi connectivity index (χ0n) is 14.6. The van der Waals surface area contributed by atoms with Gasteiger partial charge in [-0.15, -0.1) is 11.8 Å². The van der Waals surface area contributed by atoms with Gasteiger partial charge in [-0.2, -0.15) is 0 Å². The summed E-state index contributed by atoms with van der Waals surface area (Å²) in [5.74, 6) is -1.45. The first-order chi connectivity index (χ1) is 13.9. The van der Waals surface area contributed by atoms with Crippen LogP contribution >= 0.6 is 23.4 Å². The highest BCUT2D eigenvalue weighted by atomic mass is 35.5. The molecule has 2 aromatic rings. The van der Waals surface area contributed by atoms with Gasteiger partial charge in [0.1, 0.15) is 5.69 Å². The fourth-order valence-electron chi connectivity index (χ4n) is 3.66. The third-order valence-corrected chi connectivity index (χ3v) is 6.49. The molecule has 1 atom stereocenters. The molecule has 0 bridgehead atoms. The van der Waals surface area contributed by atoms with E-state index in [9.17, 15) is 19.2 Å². The van der Waals surface area contributed by atoms with Crippen LogP contribution in [0.25, 0.3) is 0 Å². The van der Waals surface area contributed by atoms with E-state index in [0.717, 1.165) is 16.8 Å². The normalized spacial score (nSPS) is 23.1. The number of Topliss-reactive ketones (excluding diaryl/α,β-unsaturated/α-hetero) is 2. The molecule has 8 nitrogen and oxygen atoms in total. The van der Waals surface area contributed by atoms with Crippen LogP contribution in [-0.4, -0.2) is 39.8 Å². The Morgan fingerprint density at radius 3 is 2.59 bits per heavy atom. The average Bonchev–Trinajstić information content (AvgIpc) is 3.10. The van der Waals surface area contributed by atoms with Crippen LogP contribution in [0, 0.1) is 0 Å². The number of ketones is 2. The number of aromatic nitrogens is 1. The summed E-state index contributed by atoms with van der Waals surface area (Å²) in [6.45, 7) is 0. The second-order valence-corrected chi connectivity index (χ2v) is 8.06. The number of allylic oxidation sites excluding steroid dienone is 1. The molecule has 1 unspecified atom stereocenters. The second kappa shape index (κ2) is 6.16. The van der Waals surface area contributed by atoms with Gasteiger partial charge in [-0.1, -0.05) is 11.6 Å². The number of carbonyl (C=O) groups is 4. The second-order valence-electron chi connectivity index (χ2n) is 6.64. The van der Waals surface area contributed by atoms with Crippen LogP contribution < -0.4 is 15.8 Å². The van der Waals surface area contributed by atoms with Crippen molar-refractivity contribution in [1.82, 2.24) is 15.7 Å². The molecule has 10 heteroatoms. The topological polar surface area (TPSA) is 108 Å². The summed E-state index contributed by atoms with van der Waals surface area (Å²) in [7, 11) is 0. The lowest BCUT2D eigenvalue weighted by Gasteiger charge is -2.40. The number of carbonyl (C=O) groups excluding carboxylic acids is 4. The van der Waals surface area contributed by atoms with Crippen molar-refractivity contribution in [2.24, 2.45) is 0 Å². The monoisotopic (exact) mass is 426 g/mol. The van der Waals surface area contributed by atoms with E-state index in [0.29, 0.717) is 10.7 Å². The molecule has 0 radical (unpaired) electrons. The van der Waals surface area contributed by atoms with Crippen molar-refractivity contribution >= 4 is 52.6 Å². The van der Waals surface area contributed by atoms with Gasteiger partial charge in [0.05, 0.1) is 21.7 Å². The van der Waals surface area contributed by atoms with Crippen molar-refractivity contribution in [3.8, 4) is 0 Å². The van der Waals surface area contributed by atoms with Gasteiger partial charge in [-0.25, -0.2) is 15.2 Å². The molecule has 1 aliphatic carbocycles. The number of pyridine rings is 1. The Morgan fingerprint density at radius 2 is 1.83 bits per heavy atom. The summed E-state index contributed by atoms with van der Waals surface area (Å²) >= 11 is 6.99. The van der Waals surface area contributed by atoms with Crippen LogP contribution in [0.1, 0.15) is 20.8 Å². The highest BCUT2D eigenvalue weighted by Crippen LogP contribution is 2.46. The van der Waals surface area contributed by atoms with E-state index in [2.05, 4.69) is 15.7 Å². The number of halogens is 1. The first kappa shape index (κ1) is 17.9. The van der Waals surface area contributed by atoms with E-state index in [4.69, 9.17) is 11.6 Å². The lowest BCUT2D eigenvalue weighted by molar-refractivity contribution is -0.123. The zero-order valence-corrected chi connectivity index (χ0v) is 16.1. The fourth-order valence-corrected chi connectivity index (χ4v) is 5.14. The molecule has 0 saturated carbocycles. The Balaban J connectivity index is 1.64. The summed E-state index contributed by atoms with van der Waals surface area (Å²) in [5, 5.41) is 4.12. The molecule has 144 valence electrons. The summed E-state index contributed by atoms with van der Waals surface area (Å²) in [4.78, 5) is 56.3. The molecule has 1 fully saturated rings. The summed E-state index contributed by atoms with van der Waals surface area (Å²) in [6, 6.07) is 8.73. The number of urea groups is 1. The number of nitrogens with zero attached hydrogens (tertiary/aromatic N) is 2. The van der Waals surface area contributed by atoms with Crippen molar-refractivity contribution in [1.29, 1.82) is 0 Å². The average molecular weight is 427 g/mol. The highest BCUT2D eigenvalue weighted by molar-refractivity contribution is 8.04. The summed E-state index contributed by atoms with van der Waals surface area (Å²) in [5.41, 5.74) is 1.30. The Labute approximate surface area is 173 Å². The summed E-state index contributed by atoms with van der Waals surface area (Å²) < 4.78 is 0. The first-order valence-corrected chi connectivity index (χ1v) is 9.89. The number of hydrogen-bond donors (Lipinski definition) is 2. The van der Waals surface area contributed by atoms with Gasteiger partial charge in [-0.3, -0.25) is 19.4 Å². The minimum Gasteiger partial charge on any atom is -0.317 e.